The van der Waals surface area contributed by atoms with Gasteiger partial charge in [-0.2, -0.15) is 0 Å². The summed E-state index contributed by atoms with van der Waals surface area (Å²) in [4.78, 5) is 27.6. The van der Waals surface area contributed by atoms with E-state index in [9.17, 15) is 13.6 Å². The fourth-order valence-corrected chi connectivity index (χ4v) is 4.38. The lowest BCUT2D eigenvalue weighted by molar-refractivity contribution is 0.120. The molecule has 3 atom stereocenters. The van der Waals surface area contributed by atoms with Crippen LogP contribution in [0.1, 0.15) is 18.7 Å². The summed E-state index contributed by atoms with van der Waals surface area (Å²) in [6.07, 6.45) is 7.69. The number of pyridine rings is 2. The first-order chi connectivity index (χ1) is 15.5. The highest BCUT2D eigenvalue weighted by Crippen LogP contribution is 2.31. The van der Waals surface area contributed by atoms with Crippen LogP contribution in [0.3, 0.4) is 0 Å². The van der Waals surface area contributed by atoms with Gasteiger partial charge < -0.3 is 14.6 Å². The number of rotatable bonds is 5. The van der Waals surface area contributed by atoms with Crippen LogP contribution in [-0.2, 0) is 0 Å². The SMILES string of the molecule is Cc1ncc(-c2cnc3cnc(NC(=O)N4C5C=C[C@H]4C[C@@H](NCC(F)F)C5)cc3c2)o1. The van der Waals surface area contributed by atoms with Crippen LogP contribution in [0, 0.1) is 6.92 Å². The van der Waals surface area contributed by atoms with Crippen molar-refractivity contribution in [2.45, 2.75) is 44.3 Å². The highest BCUT2D eigenvalue weighted by Gasteiger charge is 2.40. The topological polar surface area (TPSA) is 96.2 Å². The summed E-state index contributed by atoms with van der Waals surface area (Å²) in [6, 6.07) is 3.10. The molecule has 8 nitrogen and oxygen atoms in total. The van der Waals surface area contributed by atoms with Crippen LogP contribution in [0.25, 0.3) is 22.2 Å². The van der Waals surface area contributed by atoms with Crippen molar-refractivity contribution < 1.29 is 18.0 Å². The van der Waals surface area contributed by atoms with E-state index in [0.29, 0.717) is 35.8 Å². The van der Waals surface area contributed by atoms with Gasteiger partial charge in [0.25, 0.3) is 6.43 Å². The van der Waals surface area contributed by atoms with E-state index in [4.69, 9.17) is 4.42 Å². The summed E-state index contributed by atoms with van der Waals surface area (Å²) in [5.41, 5.74) is 1.47. The van der Waals surface area contributed by atoms with Crippen molar-refractivity contribution in [1.29, 1.82) is 0 Å². The van der Waals surface area contributed by atoms with Crippen LogP contribution >= 0.6 is 0 Å². The molecule has 0 saturated carbocycles. The lowest BCUT2D eigenvalue weighted by Gasteiger charge is -2.39. The highest BCUT2D eigenvalue weighted by molar-refractivity contribution is 5.92. The molecule has 2 aliphatic heterocycles. The number of alkyl halides is 2. The van der Waals surface area contributed by atoms with Gasteiger partial charge in [0.2, 0.25) is 0 Å². The van der Waals surface area contributed by atoms with Crippen LogP contribution in [0.2, 0.25) is 0 Å². The van der Waals surface area contributed by atoms with Crippen molar-refractivity contribution in [3.05, 3.63) is 48.8 Å². The zero-order valence-corrected chi connectivity index (χ0v) is 17.3. The normalized spacial score (nSPS) is 22.1. The molecule has 1 saturated heterocycles. The Morgan fingerprint density at radius 2 is 1.94 bits per heavy atom. The molecule has 2 amide bonds. The molecule has 166 valence electrons. The zero-order valence-electron chi connectivity index (χ0n) is 17.3. The molecule has 0 spiro atoms. The van der Waals surface area contributed by atoms with Gasteiger partial charge in [-0.05, 0) is 25.0 Å². The minimum atomic E-state index is -2.39. The van der Waals surface area contributed by atoms with Crippen molar-refractivity contribution in [3.8, 4) is 11.3 Å². The van der Waals surface area contributed by atoms with Crippen LogP contribution in [0.15, 0.2) is 47.3 Å². The smallest absolute Gasteiger partial charge is 0.324 e. The predicted molar refractivity (Wildman–Crippen MR) is 114 cm³/mol. The Morgan fingerprint density at radius 1 is 1.16 bits per heavy atom. The third-order valence-electron chi connectivity index (χ3n) is 5.83. The lowest BCUT2D eigenvalue weighted by Crippen LogP contribution is -2.53. The maximum atomic E-state index is 13.0. The van der Waals surface area contributed by atoms with E-state index in [2.05, 4.69) is 25.6 Å². The standard InChI is InChI=1S/C22H22F2N6O2/c1-12-25-10-19(32-12)14-4-13-5-21(28-9-18(13)27-8-14)29-22(31)30-16-2-3-17(30)7-15(6-16)26-11-20(23)24/h2-5,8-10,15-17,20,26H,6-7,11H2,1H3,(H,28,29,31)/t15-,16+,17?/m1/s1. The van der Waals surface area contributed by atoms with Crippen LogP contribution < -0.4 is 10.6 Å². The van der Waals surface area contributed by atoms with E-state index in [-0.39, 0.29) is 30.7 Å². The molecule has 2 aliphatic rings. The van der Waals surface area contributed by atoms with Crippen molar-refractivity contribution in [3.63, 3.8) is 0 Å². The molecule has 0 aromatic carbocycles. The second-order valence-electron chi connectivity index (χ2n) is 8.05. The van der Waals surface area contributed by atoms with Gasteiger partial charge in [0.1, 0.15) is 5.82 Å². The molecule has 10 heteroatoms. The average molecular weight is 440 g/mol. The van der Waals surface area contributed by atoms with Crippen molar-refractivity contribution in [2.24, 2.45) is 0 Å². The Kier molecular flexibility index (Phi) is 5.30. The first-order valence-electron chi connectivity index (χ1n) is 10.4. The van der Waals surface area contributed by atoms with Gasteiger partial charge in [-0.15, -0.1) is 0 Å². The maximum absolute atomic E-state index is 13.0. The number of carbonyl (C=O) groups excluding carboxylic acids is 1. The molecular weight excluding hydrogens is 418 g/mol. The van der Waals surface area contributed by atoms with Crippen molar-refractivity contribution in [2.75, 3.05) is 11.9 Å². The van der Waals surface area contributed by atoms with Gasteiger partial charge in [0, 0.05) is 30.1 Å². The number of nitrogens with zero attached hydrogens (tertiary/aromatic N) is 4. The number of amides is 2. The Bertz CT molecular complexity index is 1160. The van der Waals surface area contributed by atoms with Gasteiger partial charge in [-0.3, -0.25) is 10.3 Å². The molecule has 1 unspecified atom stereocenters. The molecule has 2 N–H and O–H groups in total. The highest BCUT2D eigenvalue weighted by atomic mass is 19.3. The summed E-state index contributed by atoms with van der Waals surface area (Å²) in [7, 11) is 0. The number of urea groups is 1. The number of aryl methyl sites for hydroxylation is 1. The summed E-state index contributed by atoms with van der Waals surface area (Å²) >= 11 is 0. The fourth-order valence-electron chi connectivity index (χ4n) is 4.38. The number of hydrogen-bond donors (Lipinski definition) is 2. The first kappa shape index (κ1) is 20.5. The monoisotopic (exact) mass is 440 g/mol. The lowest BCUT2D eigenvalue weighted by atomic mass is 9.96. The van der Waals surface area contributed by atoms with E-state index >= 15 is 0 Å². The molecule has 2 bridgehead atoms. The molecule has 5 rings (SSSR count). The molecular formula is C22H22F2N6O2. The largest absolute Gasteiger partial charge is 0.441 e. The quantitative estimate of drug-likeness (QED) is 0.587. The molecule has 0 radical (unpaired) electrons. The van der Waals surface area contributed by atoms with Crippen LogP contribution in [0.5, 0.6) is 0 Å². The molecule has 0 aliphatic carbocycles. The van der Waals surface area contributed by atoms with Gasteiger partial charge in [-0.1, -0.05) is 12.2 Å². The number of nitrogens with one attached hydrogen (secondary N) is 2. The number of aromatic nitrogens is 3. The first-order valence-corrected chi connectivity index (χ1v) is 10.4. The minimum absolute atomic E-state index is 0.0407. The third-order valence-corrected chi connectivity index (χ3v) is 5.83. The summed E-state index contributed by atoms with van der Waals surface area (Å²) in [5.74, 6) is 1.59. The fraction of sp³-hybridized carbons (Fsp3) is 0.364. The molecule has 3 aromatic heterocycles. The van der Waals surface area contributed by atoms with E-state index < -0.39 is 6.43 Å². The Morgan fingerprint density at radius 3 is 2.62 bits per heavy atom. The van der Waals surface area contributed by atoms with E-state index in [1.807, 2.05) is 18.2 Å². The number of halogens is 2. The minimum Gasteiger partial charge on any atom is -0.441 e. The second-order valence-corrected chi connectivity index (χ2v) is 8.05. The van der Waals surface area contributed by atoms with Crippen molar-refractivity contribution >= 4 is 22.8 Å². The summed E-state index contributed by atoms with van der Waals surface area (Å²) < 4.78 is 30.6. The Hall–Kier alpha value is -3.40. The Balaban J connectivity index is 1.30. The summed E-state index contributed by atoms with van der Waals surface area (Å²) in [6.45, 7) is 1.44. The number of oxazole rings is 1. The molecule has 32 heavy (non-hydrogen) atoms. The molecule has 3 aromatic rings. The number of fused-ring (bicyclic) bond motifs is 3. The number of anilines is 1. The Labute approximate surface area is 182 Å². The second kappa shape index (κ2) is 8.27. The average Bonchev–Trinajstić information content (AvgIpc) is 3.32. The van der Waals surface area contributed by atoms with Gasteiger partial charge in [-0.25, -0.2) is 23.5 Å². The van der Waals surface area contributed by atoms with Gasteiger partial charge in [0.05, 0.1) is 36.5 Å². The van der Waals surface area contributed by atoms with Gasteiger partial charge in [0.15, 0.2) is 11.7 Å². The number of piperidine rings is 1. The number of hydrogen-bond acceptors (Lipinski definition) is 6. The van der Waals surface area contributed by atoms with E-state index in [0.717, 1.165) is 10.9 Å². The number of carbonyl (C=O) groups is 1. The maximum Gasteiger partial charge on any atom is 0.324 e. The zero-order chi connectivity index (χ0) is 22.2. The molecule has 5 heterocycles. The van der Waals surface area contributed by atoms with E-state index in [1.165, 1.54) is 0 Å². The van der Waals surface area contributed by atoms with Crippen molar-refractivity contribution in [1.82, 2.24) is 25.2 Å². The van der Waals surface area contributed by atoms with Crippen LogP contribution in [0.4, 0.5) is 19.4 Å². The molecule has 1 fully saturated rings. The summed E-state index contributed by atoms with van der Waals surface area (Å²) in [5, 5.41) is 6.56. The predicted octanol–water partition coefficient (Wildman–Crippen LogP) is 3.75. The van der Waals surface area contributed by atoms with Gasteiger partial charge >= 0.3 is 6.03 Å². The van der Waals surface area contributed by atoms with E-state index in [1.54, 1.807) is 36.5 Å². The van der Waals surface area contributed by atoms with Crippen LogP contribution in [-0.4, -0.2) is 57.0 Å². The third kappa shape index (κ3) is 4.05.